The zero-order valence-corrected chi connectivity index (χ0v) is 8.29. The summed E-state index contributed by atoms with van der Waals surface area (Å²) in [6, 6.07) is 6.81. The average molecular weight is 205 g/mol. The van der Waals surface area contributed by atoms with Crippen LogP contribution in [0.5, 0.6) is 0 Å². The number of halogens is 1. The van der Waals surface area contributed by atoms with Crippen molar-refractivity contribution in [2.24, 2.45) is 5.92 Å². The maximum atomic E-state index is 13.7. The van der Waals surface area contributed by atoms with Gasteiger partial charge in [0.25, 0.3) is 0 Å². The zero-order chi connectivity index (χ0) is 10.5. The van der Waals surface area contributed by atoms with E-state index in [0.29, 0.717) is 12.1 Å². The number of benzene rings is 1. The number of hydrogen-bond acceptors (Lipinski definition) is 1. The molecule has 2 unspecified atom stereocenters. The van der Waals surface area contributed by atoms with Gasteiger partial charge in [0.05, 0.1) is 0 Å². The summed E-state index contributed by atoms with van der Waals surface area (Å²) in [5.41, 5.74) is 0.460. The van der Waals surface area contributed by atoms with Crippen LogP contribution in [0.3, 0.4) is 0 Å². The van der Waals surface area contributed by atoms with E-state index in [2.05, 4.69) is 5.32 Å². The Morgan fingerprint density at radius 1 is 1.40 bits per heavy atom. The Morgan fingerprint density at radius 3 is 2.80 bits per heavy atom. The van der Waals surface area contributed by atoms with Gasteiger partial charge in [-0.15, -0.1) is 0 Å². The van der Waals surface area contributed by atoms with Crippen LogP contribution in [0.2, 0.25) is 0 Å². The highest BCUT2D eigenvalue weighted by molar-refractivity contribution is 5.85. The summed E-state index contributed by atoms with van der Waals surface area (Å²) in [4.78, 5) is 11.5. The van der Waals surface area contributed by atoms with Crippen LogP contribution >= 0.6 is 0 Å². The van der Waals surface area contributed by atoms with Crippen molar-refractivity contribution in [2.45, 2.75) is 18.3 Å². The van der Waals surface area contributed by atoms with Gasteiger partial charge < -0.3 is 5.32 Å². The molecule has 0 bridgehead atoms. The number of rotatable bonds is 1. The maximum Gasteiger partial charge on any atom is 0.224 e. The van der Waals surface area contributed by atoms with Crippen LogP contribution in [0.4, 0.5) is 4.39 Å². The molecule has 0 spiro atoms. The fraction of sp³-hybridized carbons (Fsp3) is 0.417. The van der Waals surface area contributed by atoms with E-state index >= 15 is 0 Å². The molecule has 2 fully saturated rings. The van der Waals surface area contributed by atoms with Gasteiger partial charge in [0, 0.05) is 17.9 Å². The summed E-state index contributed by atoms with van der Waals surface area (Å²) in [6.07, 6.45) is 1.80. The van der Waals surface area contributed by atoms with Gasteiger partial charge in [-0.3, -0.25) is 4.79 Å². The first-order chi connectivity index (χ1) is 7.24. The smallest absolute Gasteiger partial charge is 0.224 e. The van der Waals surface area contributed by atoms with E-state index in [1.54, 1.807) is 6.07 Å². The van der Waals surface area contributed by atoms with Crippen LogP contribution in [0.25, 0.3) is 0 Å². The molecule has 1 aromatic rings. The fourth-order valence-electron chi connectivity index (χ4n) is 2.88. The zero-order valence-electron chi connectivity index (χ0n) is 8.29. The van der Waals surface area contributed by atoms with Gasteiger partial charge in [0.1, 0.15) is 5.82 Å². The van der Waals surface area contributed by atoms with Crippen molar-refractivity contribution < 1.29 is 9.18 Å². The highest BCUT2D eigenvalue weighted by atomic mass is 19.1. The molecule has 1 aromatic carbocycles. The molecule has 3 rings (SSSR count). The number of nitrogens with one attached hydrogen (secondary N) is 1. The van der Waals surface area contributed by atoms with E-state index in [1.807, 2.05) is 12.1 Å². The minimum atomic E-state index is -0.248. The van der Waals surface area contributed by atoms with Gasteiger partial charge >= 0.3 is 0 Å². The summed E-state index contributed by atoms with van der Waals surface area (Å²) < 4.78 is 13.7. The highest BCUT2D eigenvalue weighted by Crippen LogP contribution is 2.51. The lowest BCUT2D eigenvalue weighted by Crippen LogP contribution is -2.45. The van der Waals surface area contributed by atoms with E-state index in [9.17, 15) is 9.18 Å². The van der Waals surface area contributed by atoms with Crippen LogP contribution < -0.4 is 5.32 Å². The van der Waals surface area contributed by atoms with Crippen molar-refractivity contribution in [2.75, 3.05) is 6.54 Å². The molecule has 1 heterocycles. The number of amides is 1. The van der Waals surface area contributed by atoms with Crippen LogP contribution in [-0.4, -0.2) is 12.5 Å². The molecule has 1 amide bonds. The van der Waals surface area contributed by atoms with Gasteiger partial charge in [0.15, 0.2) is 0 Å². The largest absolute Gasteiger partial charge is 0.355 e. The number of fused-ring (bicyclic) bond motifs is 1. The van der Waals surface area contributed by atoms with Crippen LogP contribution in [-0.2, 0) is 10.2 Å². The minimum absolute atomic E-state index is 0.00519. The lowest BCUT2D eigenvalue weighted by molar-refractivity contribution is -0.125. The Bertz CT molecular complexity index is 431. The fourth-order valence-corrected chi connectivity index (χ4v) is 2.88. The molecule has 2 nitrogen and oxygen atoms in total. The van der Waals surface area contributed by atoms with E-state index in [1.165, 1.54) is 6.07 Å². The first kappa shape index (κ1) is 8.89. The third-order valence-corrected chi connectivity index (χ3v) is 3.85. The summed E-state index contributed by atoms with van der Waals surface area (Å²) >= 11 is 0. The molecule has 1 aliphatic heterocycles. The third-order valence-electron chi connectivity index (χ3n) is 3.85. The van der Waals surface area contributed by atoms with Crippen LogP contribution in [0.1, 0.15) is 18.4 Å². The molecule has 3 heteroatoms. The molecular formula is C12H12FNO. The van der Waals surface area contributed by atoms with Crippen molar-refractivity contribution in [3.05, 3.63) is 35.6 Å². The lowest BCUT2D eigenvalue weighted by Gasteiger charge is -2.43. The molecule has 1 saturated heterocycles. The van der Waals surface area contributed by atoms with Gasteiger partial charge in [-0.05, 0) is 24.5 Å². The second kappa shape index (κ2) is 2.81. The topological polar surface area (TPSA) is 29.1 Å². The molecule has 1 aliphatic carbocycles. The molecule has 15 heavy (non-hydrogen) atoms. The van der Waals surface area contributed by atoms with Crippen molar-refractivity contribution in [1.29, 1.82) is 0 Å². The summed E-state index contributed by atoms with van der Waals surface area (Å²) in [7, 11) is 0. The second-order valence-electron chi connectivity index (χ2n) is 4.45. The monoisotopic (exact) mass is 205 g/mol. The van der Waals surface area contributed by atoms with Gasteiger partial charge in [-0.2, -0.15) is 0 Å². The number of hydrogen-bond donors (Lipinski definition) is 1. The minimum Gasteiger partial charge on any atom is -0.355 e. The van der Waals surface area contributed by atoms with Gasteiger partial charge in [-0.25, -0.2) is 4.39 Å². The lowest BCUT2D eigenvalue weighted by atomic mass is 9.58. The molecule has 1 saturated carbocycles. The van der Waals surface area contributed by atoms with Crippen LogP contribution in [0.15, 0.2) is 24.3 Å². The molecule has 2 atom stereocenters. The van der Waals surface area contributed by atoms with Crippen LogP contribution in [0, 0.1) is 11.7 Å². The van der Waals surface area contributed by atoms with Gasteiger partial charge in [0.2, 0.25) is 5.91 Å². The van der Waals surface area contributed by atoms with Crippen molar-refractivity contribution in [1.82, 2.24) is 5.32 Å². The second-order valence-corrected chi connectivity index (χ2v) is 4.45. The summed E-state index contributed by atoms with van der Waals surface area (Å²) in [5, 5.41) is 2.84. The molecule has 2 aliphatic rings. The van der Waals surface area contributed by atoms with E-state index in [0.717, 1.165) is 12.8 Å². The Balaban J connectivity index is 2.08. The highest BCUT2D eigenvalue weighted by Gasteiger charge is 2.56. The van der Waals surface area contributed by atoms with Crippen molar-refractivity contribution in [3.8, 4) is 0 Å². The predicted octanol–water partition coefficient (Wildman–Crippen LogP) is 1.60. The van der Waals surface area contributed by atoms with Gasteiger partial charge in [-0.1, -0.05) is 18.2 Å². The standard InChI is InChI=1S/C12H12FNO/c13-10-4-2-1-3-8(10)12-6-5-9(12)11(15)14-7-12/h1-4,9H,5-7H2,(H,14,15). The Kier molecular flexibility index (Phi) is 1.67. The molecule has 1 N–H and O–H groups in total. The molecular weight excluding hydrogens is 193 g/mol. The average Bonchev–Trinajstić information content (AvgIpc) is 2.40. The molecule has 0 aromatic heterocycles. The number of carbonyl (C=O) groups is 1. The Morgan fingerprint density at radius 2 is 2.20 bits per heavy atom. The molecule has 78 valence electrons. The van der Waals surface area contributed by atoms with E-state index < -0.39 is 0 Å². The first-order valence-electron chi connectivity index (χ1n) is 5.27. The summed E-state index contributed by atoms with van der Waals surface area (Å²) in [6.45, 7) is 0.595. The molecule has 0 radical (unpaired) electrons. The maximum absolute atomic E-state index is 13.7. The first-order valence-corrected chi connectivity index (χ1v) is 5.27. The van der Waals surface area contributed by atoms with Crippen molar-refractivity contribution >= 4 is 5.91 Å². The number of carbonyl (C=O) groups excluding carboxylic acids is 1. The summed E-state index contributed by atoms with van der Waals surface area (Å²) in [5.74, 6) is -0.0994. The Hall–Kier alpha value is -1.38. The van der Waals surface area contributed by atoms with Crippen molar-refractivity contribution in [3.63, 3.8) is 0 Å². The SMILES string of the molecule is O=C1NCC2(c3ccccc3F)CCC12. The normalized spacial score (nSPS) is 33.1. The third kappa shape index (κ3) is 1.01. The Labute approximate surface area is 87.5 Å². The quantitative estimate of drug-likeness (QED) is 0.741. The van der Waals surface area contributed by atoms with E-state index in [-0.39, 0.29) is 23.1 Å². The predicted molar refractivity (Wildman–Crippen MR) is 53.8 cm³/mol. The van der Waals surface area contributed by atoms with E-state index in [4.69, 9.17) is 0 Å².